The molecule has 2 N–H and O–H groups in total. The van der Waals surface area contributed by atoms with Crippen LogP contribution in [0.4, 0.5) is 27.4 Å². The van der Waals surface area contributed by atoms with Crippen LogP contribution in [0.2, 0.25) is 5.02 Å². The third kappa shape index (κ3) is 10.7. The average molecular weight is 817 g/mol. The van der Waals surface area contributed by atoms with Gasteiger partial charge >= 0.3 is 5.97 Å². The summed E-state index contributed by atoms with van der Waals surface area (Å²) >= 11 is 5.82. The van der Waals surface area contributed by atoms with Crippen molar-refractivity contribution in [1.82, 2.24) is 19.9 Å². The highest BCUT2D eigenvalue weighted by molar-refractivity contribution is 6.30. The molecule has 58 heavy (non-hydrogen) atoms. The van der Waals surface area contributed by atoms with Gasteiger partial charge in [-0.15, -0.1) is 0 Å². The topological polar surface area (TPSA) is 167 Å². The van der Waals surface area contributed by atoms with E-state index in [2.05, 4.69) is 30.6 Å². The van der Waals surface area contributed by atoms with Crippen LogP contribution in [0, 0.1) is 12.7 Å². The number of aromatic nitrogens is 4. The Hall–Kier alpha value is -6.07. The summed E-state index contributed by atoms with van der Waals surface area (Å²) in [5, 5.41) is 7.97. The number of ether oxygens (including phenoxy) is 8. The van der Waals surface area contributed by atoms with Crippen molar-refractivity contribution in [2.24, 2.45) is 0 Å². The summed E-state index contributed by atoms with van der Waals surface area (Å²) in [5.41, 5.74) is 3.17. The predicted octanol–water partition coefficient (Wildman–Crippen LogP) is 7.96. The van der Waals surface area contributed by atoms with E-state index in [0.717, 1.165) is 16.6 Å². The quantitative estimate of drug-likeness (QED) is 0.0582. The van der Waals surface area contributed by atoms with E-state index in [0.29, 0.717) is 101 Å². The third-order valence-corrected chi connectivity index (χ3v) is 8.81. The van der Waals surface area contributed by atoms with Crippen molar-refractivity contribution in [2.45, 2.75) is 26.6 Å². The number of hydrogen-bond acceptors (Lipinski definition) is 15. The second-order valence-corrected chi connectivity index (χ2v) is 13.0. The van der Waals surface area contributed by atoms with Crippen LogP contribution in [0.15, 0.2) is 73.3 Å². The monoisotopic (exact) mass is 816 g/mol. The lowest BCUT2D eigenvalue weighted by Gasteiger charge is -2.15. The minimum Gasteiger partial charge on any atom is -0.493 e. The molecule has 0 atom stereocenters. The molecule has 4 aromatic carbocycles. The van der Waals surface area contributed by atoms with Crippen LogP contribution in [0.5, 0.6) is 28.7 Å². The van der Waals surface area contributed by atoms with Gasteiger partial charge in [-0.1, -0.05) is 17.7 Å². The molecular weight excluding hydrogens is 775 g/mol. The van der Waals surface area contributed by atoms with E-state index in [1.807, 2.05) is 25.1 Å². The molecule has 15 nitrogen and oxygen atoms in total. The van der Waals surface area contributed by atoms with E-state index >= 15 is 0 Å². The Labute approximate surface area is 338 Å². The highest BCUT2D eigenvalue weighted by atomic mass is 35.5. The number of nitrogens with one attached hydrogen (secondary N) is 2. The first kappa shape index (κ1) is 41.6. The molecule has 304 valence electrons. The number of esters is 1. The maximum Gasteiger partial charge on any atom is 0.308 e. The zero-order chi connectivity index (χ0) is 41.0. The zero-order valence-corrected chi connectivity index (χ0v) is 33.2. The summed E-state index contributed by atoms with van der Waals surface area (Å²) in [4.78, 5) is 28.5. The molecular formula is C41H42ClFN6O9. The molecule has 0 amide bonds. The summed E-state index contributed by atoms with van der Waals surface area (Å²) in [7, 11) is 4.74. The fraction of sp³-hybridized carbons (Fsp3) is 0.293. The van der Waals surface area contributed by atoms with Crippen LogP contribution < -0.4 is 34.3 Å². The number of anilines is 4. The molecule has 2 aromatic heterocycles. The van der Waals surface area contributed by atoms with E-state index in [4.69, 9.17) is 49.5 Å². The summed E-state index contributed by atoms with van der Waals surface area (Å²) in [5.74, 6) is 2.87. The minimum atomic E-state index is -0.479. The fourth-order valence-electron chi connectivity index (χ4n) is 5.74. The highest BCUT2D eigenvalue weighted by Crippen LogP contribution is 2.37. The number of nitrogens with zero attached hydrogens (tertiary/aromatic N) is 4. The van der Waals surface area contributed by atoms with Crippen molar-refractivity contribution in [1.29, 1.82) is 0 Å². The standard InChI is InChI=1S/C21H23N3O5.C20H19ClFN3O4/c1-13-5-6-15(9-18(13)29-14(2)25)24-21-16-10-19(27-4)20(28-8-7-26-3)11-17(16)22-12-23-21;1-26-17-9-13-16(10-18(17)27-5-4-19-28-6-7-29-19)23-11-24-20(13)25-15-3-2-12(21)8-14(15)22/h5-6,9-12H,7-8H2,1-4H3,(H,22,23,24);2-3,8-11,19H,4-7H2,1H3,(H,23,24,25). The van der Waals surface area contributed by atoms with Crippen LogP contribution in [0.1, 0.15) is 18.9 Å². The van der Waals surface area contributed by atoms with Crippen LogP contribution in [-0.2, 0) is 19.0 Å². The first-order chi connectivity index (χ1) is 28.1. The van der Waals surface area contributed by atoms with Gasteiger partial charge in [0.05, 0.1) is 57.4 Å². The second kappa shape index (κ2) is 19.9. The summed E-state index contributed by atoms with van der Waals surface area (Å²) in [6.07, 6.45) is 3.23. The van der Waals surface area contributed by atoms with Crippen molar-refractivity contribution in [3.05, 3.63) is 89.7 Å². The lowest BCUT2D eigenvalue weighted by molar-refractivity contribution is -0.131. The molecule has 7 rings (SSSR count). The normalized spacial score (nSPS) is 12.5. The maximum atomic E-state index is 14.2. The Morgan fingerprint density at radius 2 is 1.38 bits per heavy atom. The fourth-order valence-corrected chi connectivity index (χ4v) is 5.90. The lowest BCUT2D eigenvalue weighted by atomic mass is 10.2. The molecule has 6 aromatic rings. The van der Waals surface area contributed by atoms with Crippen molar-refractivity contribution in [3.63, 3.8) is 0 Å². The Morgan fingerprint density at radius 1 is 0.759 bits per heavy atom. The largest absolute Gasteiger partial charge is 0.493 e. The maximum absolute atomic E-state index is 14.2. The number of fused-ring (bicyclic) bond motifs is 2. The van der Waals surface area contributed by atoms with Crippen molar-refractivity contribution in [2.75, 3.05) is 65.0 Å². The van der Waals surface area contributed by atoms with Gasteiger partial charge in [0, 0.05) is 60.1 Å². The van der Waals surface area contributed by atoms with Gasteiger partial charge in [0.15, 0.2) is 29.3 Å². The number of aryl methyl sites for hydroxylation is 1. The second-order valence-electron chi connectivity index (χ2n) is 12.6. The molecule has 0 radical (unpaired) electrons. The van der Waals surface area contributed by atoms with Crippen LogP contribution in [-0.4, -0.2) is 86.6 Å². The van der Waals surface area contributed by atoms with E-state index in [9.17, 15) is 9.18 Å². The SMILES string of the molecule is COCCOc1cc2ncnc(Nc3ccc(C)c(OC(C)=O)c3)c2cc1OC.COc1cc2c(Nc3ccc(Cl)cc3F)ncnc2cc1OCCC1OCCO1. The van der Waals surface area contributed by atoms with Gasteiger partial charge in [0.1, 0.15) is 42.5 Å². The van der Waals surface area contributed by atoms with Gasteiger partial charge in [-0.25, -0.2) is 24.3 Å². The average Bonchev–Trinajstić information content (AvgIpc) is 3.74. The van der Waals surface area contributed by atoms with Gasteiger partial charge in [0.2, 0.25) is 0 Å². The smallest absolute Gasteiger partial charge is 0.308 e. The van der Waals surface area contributed by atoms with Gasteiger partial charge in [-0.2, -0.15) is 0 Å². The lowest BCUT2D eigenvalue weighted by Crippen LogP contribution is -2.13. The third-order valence-electron chi connectivity index (χ3n) is 8.58. The number of methoxy groups -OCH3 is 3. The van der Waals surface area contributed by atoms with Crippen molar-refractivity contribution in [3.8, 4) is 28.7 Å². The summed E-state index contributed by atoms with van der Waals surface area (Å²) in [6, 6.07) is 17.0. The Morgan fingerprint density at radius 3 is 1.97 bits per heavy atom. The van der Waals surface area contributed by atoms with Gasteiger partial charge in [-0.05, 0) is 48.9 Å². The Balaban J connectivity index is 0.000000196. The minimum absolute atomic E-state index is 0.242. The molecule has 1 aliphatic rings. The number of rotatable bonds is 15. The molecule has 0 saturated carbocycles. The van der Waals surface area contributed by atoms with Gasteiger partial charge in [0.25, 0.3) is 0 Å². The Kier molecular flexibility index (Phi) is 14.2. The molecule has 0 spiro atoms. The van der Waals surface area contributed by atoms with E-state index in [1.54, 1.807) is 57.7 Å². The Bertz CT molecular complexity index is 2370. The molecule has 1 aliphatic heterocycles. The van der Waals surface area contributed by atoms with Crippen molar-refractivity contribution >= 4 is 62.4 Å². The summed E-state index contributed by atoms with van der Waals surface area (Å²) < 4.78 is 57.7. The van der Waals surface area contributed by atoms with E-state index < -0.39 is 5.82 Å². The molecule has 0 aliphatic carbocycles. The van der Waals surface area contributed by atoms with Crippen LogP contribution in [0.3, 0.4) is 0 Å². The zero-order valence-electron chi connectivity index (χ0n) is 32.5. The molecule has 17 heteroatoms. The number of hydrogen-bond donors (Lipinski definition) is 2. The molecule has 0 unspecified atom stereocenters. The van der Waals surface area contributed by atoms with Crippen molar-refractivity contribution < 1.29 is 47.1 Å². The van der Waals surface area contributed by atoms with Crippen LogP contribution >= 0.6 is 11.6 Å². The van der Waals surface area contributed by atoms with E-state index in [1.165, 1.54) is 25.6 Å². The molecule has 3 heterocycles. The predicted molar refractivity (Wildman–Crippen MR) is 216 cm³/mol. The molecule has 1 saturated heterocycles. The number of carbonyl (C=O) groups is 1. The molecule has 1 fully saturated rings. The summed E-state index contributed by atoms with van der Waals surface area (Å²) in [6.45, 7) is 5.72. The van der Waals surface area contributed by atoms with Crippen LogP contribution in [0.25, 0.3) is 21.8 Å². The van der Waals surface area contributed by atoms with Gasteiger partial charge in [-0.3, -0.25) is 4.79 Å². The van der Waals surface area contributed by atoms with Gasteiger partial charge < -0.3 is 48.5 Å². The first-order valence-electron chi connectivity index (χ1n) is 18.1. The number of carbonyl (C=O) groups excluding carboxylic acids is 1. The first-order valence-corrected chi connectivity index (χ1v) is 18.4. The highest BCUT2D eigenvalue weighted by Gasteiger charge is 2.18. The number of benzene rings is 4. The number of halogens is 2. The van der Waals surface area contributed by atoms with E-state index in [-0.39, 0.29) is 17.9 Å². The molecule has 0 bridgehead atoms.